The van der Waals surface area contributed by atoms with Crippen molar-refractivity contribution in [3.05, 3.63) is 81.8 Å². The molecule has 0 atom stereocenters. The Balaban J connectivity index is 1.35. The van der Waals surface area contributed by atoms with Gasteiger partial charge in [0.05, 0.1) is 22.8 Å². The quantitative estimate of drug-likeness (QED) is 0.415. The van der Waals surface area contributed by atoms with E-state index >= 15 is 0 Å². The van der Waals surface area contributed by atoms with Crippen LogP contribution in [0.2, 0.25) is 10.0 Å². The molecule has 0 radical (unpaired) electrons. The lowest BCUT2D eigenvalue weighted by Crippen LogP contribution is -2.16. The van der Waals surface area contributed by atoms with Gasteiger partial charge in [0.1, 0.15) is 5.82 Å². The van der Waals surface area contributed by atoms with Crippen LogP contribution in [0, 0.1) is 6.92 Å². The fraction of sp³-hybridized carbons (Fsp3) is 0.182. The van der Waals surface area contributed by atoms with E-state index in [-0.39, 0.29) is 12.3 Å². The van der Waals surface area contributed by atoms with Gasteiger partial charge in [-0.2, -0.15) is 10.1 Å². The molecule has 0 aliphatic rings. The summed E-state index contributed by atoms with van der Waals surface area (Å²) in [5, 5.41) is 12.0. The Morgan fingerprint density at radius 2 is 1.94 bits per heavy atom. The zero-order chi connectivity index (χ0) is 21.8. The molecule has 0 saturated carbocycles. The van der Waals surface area contributed by atoms with E-state index in [0.717, 1.165) is 16.7 Å². The maximum atomic E-state index is 12.4. The molecule has 2 aromatic heterocycles. The number of aryl methyl sites for hydroxylation is 2. The molecule has 0 spiro atoms. The van der Waals surface area contributed by atoms with Crippen LogP contribution in [0.4, 0.5) is 5.82 Å². The second-order valence-electron chi connectivity index (χ2n) is 7.01. The Labute approximate surface area is 189 Å². The minimum atomic E-state index is -0.186. The number of amides is 1. The van der Waals surface area contributed by atoms with Gasteiger partial charge in [0.2, 0.25) is 17.6 Å². The largest absolute Gasteiger partial charge is 0.339 e. The fourth-order valence-electron chi connectivity index (χ4n) is 3.00. The lowest BCUT2D eigenvalue weighted by molar-refractivity contribution is -0.116. The Bertz CT molecular complexity index is 1200. The molecule has 4 rings (SSSR count). The highest BCUT2D eigenvalue weighted by Crippen LogP contribution is 2.26. The standard InChI is InChI=1S/C22H19Cl2N5O2/c1-14-5-7-15(8-6-14)22-27-20(31-28-22)10-9-19(30)26-18-11-12-25-29(18)13-16-3-2-4-17(23)21(16)24/h2-8,11-12H,9-10,13H2,1H3,(H,26,30). The molecule has 0 aliphatic heterocycles. The van der Waals surface area contributed by atoms with Crippen LogP contribution in [-0.2, 0) is 17.8 Å². The predicted octanol–water partition coefficient (Wildman–Crippen LogP) is 5.17. The van der Waals surface area contributed by atoms with Crippen LogP contribution in [0.25, 0.3) is 11.4 Å². The van der Waals surface area contributed by atoms with Crippen molar-refractivity contribution in [2.45, 2.75) is 26.3 Å². The lowest BCUT2D eigenvalue weighted by Gasteiger charge is -2.10. The van der Waals surface area contributed by atoms with Gasteiger partial charge in [0, 0.05) is 24.5 Å². The molecule has 4 aromatic rings. The van der Waals surface area contributed by atoms with Crippen molar-refractivity contribution in [2.24, 2.45) is 0 Å². The summed E-state index contributed by atoms with van der Waals surface area (Å²) >= 11 is 12.3. The molecule has 0 bridgehead atoms. The van der Waals surface area contributed by atoms with E-state index in [2.05, 4.69) is 20.6 Å². The molecular weight excluding hydrogens is 437 g/mol. The Hall–Kier alpha value is -3.16. The maximum Gasteiger partial charge on any atom is 0.227 e. The van der Waals surface area contributed by atoms with Gasteiger partial charge in [-0.25, -0.2) is 4.68 Å². The normalized spacial score (nSPS) is 10.9. The summed E-state index contributed by atoms with van der Waals surface area (Å²) in [5.74, 6) is 1.29. The number of rotatable bonds is 7. The lowest BCUT2D eigenvalue weighted by atomic mass is 10.1. The van der Waals surface area contributed by atoms with Crippen LogP contribution < -0.4 is 5.32 Å². The fourth-order valence-corrected chi connectivity index (χ4v) is 3.38. The van der Waals surface area contributed by atoms with Crippen LogP contribution in [-0.4, -0.2) is 25.8 Å². The number of hydrogen-bond donors (Lipinski definition) is 1. The number of anilines is 1. The van der Waals surface area contributed by atoms with E-state index in [1.165, 1.54) is 0 Å². The Kier molecular flexibility index (Phi) is 6.34. The minimum Gasteiger partial charge on any atom is -0.339 e. The molecule has 9 heteroatoms. The van der Waals surface area contributed by atoms with Crippen molar-refractivity contribution in [1.82, 2.24) is 19.9 Å². The van der Waals surface area contributed by atoms with E-state index < -0.39 is 0 Å². The summed E-state index contributed by atoms with van der Waals surface area (Å²) in [6.07, 6.45) is 2.14. The van der Waals surface area contributed by atoms with Gasteiger partial charge in [0.25, 0.3) is 0 Å². The van der Waals surface area contributed by atoms with E-state index in [1.54, 1.807) is 23.0 Å². The van der Waals surface area contributed by atoms with Gasteiger partial charge in [-0.3, -0.25) is 4.79 Å². The van der Waals surface area contributed by atoms with Crippen molar-refractivity contribution >= 4 is 34.9 Å². The zero-order valence-corrected chi connectivity index (χ0v) is 18.2. The first kappa shape index (κ1) is 21.1. The molecule has 0 fully saturated rings. The number of carbonyl (C=O) groups is 1. The molecule has 2 heterocycles. The number of benzene rings is 2. The molecule has 1 amide bonds. The van der Waals surface area contributed by atoms with Crippen molar-refractivity contribution < 1.29 is 9.32 Å². The molecule has 7 nitrogen and oxygen atoms in total. The first-order valence-electron chi connectivity index (χ1n) is 9.64. The van der Waals surface area contributed by atoms with Crippen molar-refractivity contribution in [3.63, 3.8) is 0 Å². The van der Waals surface area contributed by atoms with Crippen LogP contribution in [0.3, 0.4) is 0 Å². The van der Waals surface area contributed by atoms with E-state index in [1.807, 2.05) is 43.3 Å². The van der Waals surface area contributed by atoms with Crippen LogP contribution in [0.15, 0.2) is 59.3 Å². The molecule has 2 aromatic carbocycles. The highest BCUT2D eigenvalue weighted by Gasteiger charge is 2.13. The van der Waals surface area contributed by atoms with Gasteiger partial charge in [-0.15, -0.1) is 0 Å². The van der Waals surface area contributed by atoms with Crippen molar-refractivity contribution in [2.75, 3.05) is 5.32 Å². The molecular formula is C22H19Cl2N5O2. The predicted molar refractivity (Wildman–Crippen MR) is 119 cm³/mol. The van der Waals surface area contributed by atoms with E-state index in [9.17, 15) is 4.79 Å². The molecule has 0 unspecified atom stereocenters. The molecule has 0 saturated heterocycles. The smallest absolute Gasteiger partial charge is 0.227 e. The second-order valence-corrected chi connectivity index (χ2v) is 7.80. The van der Waals surface area contributed by atoms with Crippen molar-refractivity contribution in [3.8, 4) is 11.4 Å². The van der Waals surface area contributed by atoms with Gasteiger partial charge in [0.15, 0.2) is 0 Å². The molecule has 1 N–H and O–H groups in total. The summed E-state index contributed by atoms with van der Waals surface area (Å²) in [7, 11) is 0. The van der Waals surface area contributed by atoms with Crippen LogP contribution >= 0.6 is 23.2 Å². The summed E-state index contributed by atoms with van der Waals surface area (Å²) in [4.78, 5) is 16.8. The number of nitrogens with one attached hydrogen (secondary N) is 1. The summed E-state index contributed by atoms with van der Waals surface area (Å²) < 4.78 is 6.93. The highest BCUT2D eigenvalue weighted by atomic mass is 35.5. The van der Waals surface area contributed by atoms with Crippen molar-refractivity contribution in [1.29, 1.82) is 0 Å². The second kappa shape index (κ2) is 9.32. The highest BCUT2D eigenvalue weighted by molar-refractivity contribution is 6.42. The van der Waals surface area contributed by atoms with Crippen LogP contribution in [0.5, 0.6) is 0 Å². The van der Waals surface area contributed by atoms with Gasteiger partial charge in [-0.05, 0) is 18.6 Å². The first-order valence-corrected chi connectivity index (χ1v) is 10.4. The van der Waals surface area contributed by atoms with Gasteiger partial charge < -0.3 is 9.84 Å². The van der Waals surface area contributed by atoms with Gasteiger partial charge >= 0.3 is 0 Å². The van der Waals surface area contributed by atoms with Crippen LogP contribution in [0.1, 0.15) is 23.4 Å². The number of halogens is 2. The summed E-state index contributed by atoms with van der Waals surface area (Å²) in [6.45, 7) is 2.39. The number of aromatic nitrogens is 4. The molecule has 31 heavy (non-hydrogen) atoms. The zero-order valence-electron chi connectivity index (χ0n) is 16.7. The molecule has 0 aliphatic carbocycles. The third kappa shape index (κ3) is 5.13. The first-order chi connectivity index (χ1) is 15.0. The summed E-state index contributed by atoms with van der Waals surface area (Å²) in [6, 6.07) is 15.0. The monoisotopic (exact) mass is 455 g/mol. The van der Waals surface area contributed by atoms with E-state index in [0.29, 0.717) is 40.5 Å². The third-order valence-corrected chi connectivity index (χ3v) is 5.54. The Morgan fingerprint density at radius 3 is 2.74 bits per heavy atom. The maximum absolute atomic E-state index is 12.4. The Morgan fingerprint density at radius 1 is 1.13 bits per heavy atom. The minimum absolute atomic E-state index is 0.186. The number of carbonyl (C=O) groups excluding carboxylic acids is 1. The average Bonchev–Trinajstić information content (AvgIpc) is 3.40. The summed E-state index contributed by atoms with van der Waals surface area (Å²) in [5.41, 5.74) is 2.83. The third-order valence-electron chi connectivity index (χ3n) is 4.68. The topological polar surface area (TPSA) is 85.8 Å². The van der Waals surface area contributed by atoms with Gasteiger partial charge in [-0.1, -0.05) is 70.3 Å². The molecule has 158 valence electrons. The number of nitrogens with zero attached hydrogens (tertiary/aromatic N) is 4. The average molecular weight is 456 g/mol. The van der Waals surface area contributed by atoms with E-state index in [4.69, 9.17) is 27.7 Å². The number of hydrogen-bond acceptors (Lipinski definition) is 5. The SMILES string of the molecule is Cc1ccc(-c2noc(CCC(=O)Nc3ccnn3Cc3cccc(Cl)c3Cl)n2)cc1.